The van der Waals surface area contributed by atoms with E-state index < -0.39 is 0 Å². The van der Waals surface area contributed by atoms with Crippen LogP contribution in [0.15, 0.2) is 29.4 Å². The summed E-state index contributed by atoms with van der Waals surface area (Å²) in [5, 5.41) is 7.67. The quantitative estimate of drug-likeness (QED) is 0.400. The van der Waals surface area contributed by atoms with Gasteiger partial charge in [0, 0.05) is 50.4 Å². The Morgan fingerprint density at radius 3 is 2.69 bits per heavy atom. The summed E-state index contributed by atoms with van der Waals surface area (Å²) in [4.78, 5) is 9.84. The lowest BCUT2D eigenvalue weighted by atomic mass is 10.1. The highest BCUT2D eigenvalue weighted by atomic mass is 32.1. The van der Waals surface area contributed by atoms with Gasteiger partial charge in [0.2, 0.25) is 0 Å². The molecule has 0 spiro atoms. The van der Waals surface area contributed by atoms with Crippen LogP contribution in [-0.2, 0) is 17.8 Å². The van der Waals surface area contributed by atoms with Crippen molar-refractivity contribution in [2.75, 3.05) is 27.4 Å². The van der Waals surface area contributed by atoms with Crippen LogP contribution in [-0.4, -0.2) is 38.3 Å². The van der Waals surface area contributed by atoms with Gasteiger partial charge >= 0.3 is 0 Å². The Morgan fingerprint density at radius 1 is 1.19 bits per heavy atom. The fraction of sp³-hybridized carbons (Fsp3) is 0.474. The minimum Gasteiger partial charge on any atom is -0.493 e. The number of hydrogen-bond donors (Lipinski definition) is 2. The lowest BCUT2D eigenvalue weighted by molar-refractivity contribution is 0.171. The predicted molar refractivity (Wildman–Crippen MR) is 107 cm³/mol. The average Bonchev–Trinajstić information content (AvgIpc) is 3.05. The molecule has 0 amide bonds. The molecule has 0 saturated heterocycles. The summed E-state index contributed by atoms with van der Waals surface area (Å²) >= 11 is 1.69. The summed E-state index contributed by atoms with van der Waals surface area (Å²) in [6, 6.07) is 6.25. The number of nitrogens with zero attached hydrogens (tertiary/aromatic N) is 2. The number of ether oxygens (including phenoxy) is 2. The minimum atomic E-state index is 0.635. The third-order valence-electron chi connectivity index (χ3n) is 3.72. The molecule has 0 aliphatic carbocycles. The number of guanidine groups is 1. The van der Waals surface area contributed by atoms with Crippen molar-refractivity contribution in [1.29, 1.82) is 0 Å². The van der Waals surface area contributed by atoms with E-state index in [1.165, 1.54) is 10.4 Å². The number of nitrogens with one attached hydrogen (secondary N) is 2. The van der Waals surface area contributed by atoms with Crippen LogP contribution >= 0.6 is 11.3 Å². The molecule has 2 rings (SSSR count). The molecule has 26 heavy (non-hydrogen) atoms. The zero-order valence-electron chi connectivity index (χ0n) is 16.0. The van der Waals surface area contributed by atoms with E-state index in [0.29, 0.717) is 26.3 Å². The van der Waals surface area contributed by atoms with E-state index in [0.717, 1.165) is 28.7 Å². The largest absolute Gasteiger partial charge is 0.493 e. The molecule has 6 nitrogen and oxygen atoms in total. The monoisotopic (exact) mass is 376 g/mol. The third kappa shape index (κ3) is 6.65. The summed E-state index contributed by atoms with van der Waals surface area (Å²) in [6.45, 7) is 6.76. The number of aryl methyl sites for hydroxylation is 2. The number of hydrogen-bond acceptors (Lipinski definition) is 5. The Morgan fingerprint density at radius 2 is 2.00 bits per heavy atom. The molecule has 2 N–H and O–H groups in total. The summed E-state index contributed by atoms with van der Waals surface area (Å²) < 4.78 is 11.0. The normalized spacial score (nSPS) is 11.5. The molecule has 0 bridgehead atoms. The molecule has 1 heterocycles. The van der Waals surface area contributed by atoms with Crippen molar-refractivity contribution in [3.8, 4) is 5.75 Å². The maximum Gasteiger partial charge on any atom is 0.191 e. The second-order valence-corrected chi connectivity index (χ2v) is 7.27. The predicted octanol–water partition coefficient (Wildman–Crippen LogP) is 3.04. The number of benzene rings is 1. The van der Waals surface area contributed by atoms with E-state index in [2.05, 4.69) is 52.7 Å². The van der Waals surface area contributed by atoms with E-state index in [1.807, 2.05) is 6.20 Å². The van der Waals surface area contributed by atoms with Gasteiger partial charge in [-0.1, -0.05) is 12.1 Å². The van der Waals surface area contributed by atoms with Crippen molar-refractivity contribution < 1.29 is 9.47 Å². The van der Waals surface area contributed by atoms with E-state index in [1.54, 1.807) is 25.5 Å². The Bertz CT molecular complexity index is 715. The first kappa shape index (κ1) is 20.2. The SMILES string of the molecule is CN=C(NCc1ncc(C)s1)NCc1ccc(C)cc1OCCCOC. The third-order valence-corrected chi connectivity index (χ3v) is 4.63. The standard InChI is InChI=1S/C19H28N4O2S/c1-14-6-7-16(17(10-14)25-9-5-8-24-4)12-22-19(20-3)23-13-18-21-11-15(2)26-18/h6-7,10-11H,5,8-9,12-13H2,1-4H3,(H2,20,22,23). The molecule has 0 saturated carbocycles. The van der Waals surface area contributed by atoms with Crippen LogP contribution in [0, 0.1) is 13.8 Å². The molecule has 0 aliphatic rings. The van der Waals surface area contributed by atoms with Crippen molar-refractivity contribution in [3.63, 3.8) is 0 Å². The molecule has 7 heteroatoms. The highest BCUT2D eigenvalue weighted by Gasteiger charge is 2.07. The Hall–Kier alpha value is -2.12. The van der Waals surface area contributed by atoms with Gasteiger partial charge < -0.3 is 20.1 Å². The van der Waals surface area contributed by atoms with Gasteiger partial charge in [-0.05, 0) is 25.5 Å². The van der Waals surface area contributed by atoms with Crippen molar-refractivity contribution in [3.05, 3.63) is 45.4 Å². The highest BCUT2D eigenvalue weighted by Crippen LogP contribution is 2.20. The van der Waals surface area contributed by atoms with E-state index in [4.69, 9.17) is 9.47 Å². The van der Waals surface area contributed by atoms with Gasteiger partial charge in [-0.2, -0.15) is 0 Å². The van der Waals surface area contributed by atoms with Gasteiger partial charge in [0.05, 0.1) is 13.2 Å². The van der Waals surface area contributed by atoms with Gasteiger partial charge in [-0.15, -0.1) is 11.3 Å². The van der Waals surface area contributed by atoms with Crippen molar-refractivity contribution >= 4 is 17.3 Å². The maximum atomic E-state index is 5.93. The van der Waals surface area contributed by atoms with Crippen LogP contribution in [0.3, 0.4) is 0 Å². The zero-order chi connectivity index (χ0) is 18.8. The van der Waals surface area contributed by atoms with Gasteiger partial charge in [0.25, 0.3) is 0 Å². The topological polar surface area (TPSA) is 67.8 Å². The first-order valence-corrected chi connectivity index (χ1v) is 9.51. The molecule has 0 fully saturated rings. The number of aromatic nitrogens is 1. The molecule has 0 aliphatic heterocycles. The number of aliphatic imine (C=N–C) groups is 1. The second kappa shape index (κ2) is 10.8. The second-order valence-electron chi connectivity index (χ2n) is 5.95. The molecule has 0 unspecified atom stereocenters. The Balaban J connectivity index is 1.89. The fourth-order valence-electron chi connectivity index (χ4n) is 2.37. The zero-order valence-corrected chi connectivity index (χ0v) is 16.8. The summed E-state index contributed by atoms with van der Waals surface area (Å²) in [7, 11) is 3.47. The minimum absolute atomic E-state index is 0.635. The maximum absolute atomic E-state index is 5.93. The molecular weight excluding hydrogens is 348 g/mol. The molecule has 2 aromatic rings. The van der Waals surface area contributed by atoms with Gasteiger partial charge in [0.15, 0.2) is 5.96 Å². The Kier molecular flexibility index (Phi) is 8.37. The molecule has 0 radical (unpaired) electrons. The van der Waals surface area contributed by atoms with E-state index in [9.17, 15) is 0 Å². The van der Waals surface area contributed by atoms with Crippen LogP contribution in [0.1, 0.15) is 27.4 Å². The van der Waals surface area contributed by atoms with Crippen molar-refractivity contribution in [1.82, 2.24) is 15.6 Å². The molecule has 1 aromatic carbocycles. The van der Waals surface area contributed by atoms with Crippen LogP contribution in [0.2, 0.25) is 0 Å². The van der Waals surface area contributed by atoms with Crippen LogP contribution in [0.25, 0.3) is 0 Å². The lowest BCUT2D eigenvalue weighted by Gasteiger charge is -2.15. The first-order chi connectivity index (χ1) is 12.6. The Labute approximate surface area is 159 Å². The van der Waals surface area contributed by atoms with Gasteiger partial charge in [-0.3, -0.25) is 4.99 Å². The van der Waals surface area contributed by atoms with Gasteiger partial charge in [-0.25, -0.2) is 4.98 Å². The number of thiazole rings is 1. The molecule has 0 atom stereocenters. The van der Waals surface area contributed by atoms with Crippen LogP contribution < -0.4 is 15.4 Å². The first-order valence-electron chi connectivity index (χ1n) is 8.69. The van der Waals surface area contributed by atoms with Crippen molar-refractivity contribution in [2.45, 2.75) is 33.4 Å². The average molecular weight is 377 g/mol. The molecular formula is C19H28N4O2S. The van der Waals surface area contributed by atoms with E-state index in [-0.39, 0.29) is 0 Å². The smallest absolute Gasteiger partial charge is 0.191 e. The van der Waals surface area contributed by atoms with E-state index >= 15 is 0 Å². The highest BCUT2D eigenvalue weighted by molar-refractivity contribution is 7.11. The summed E-state index contributed by atoms with van der Waals surface area (Å²) in [5.74, 6) is 1.64. The van der Waals surface area contributed by atoms with Gasteiger partial charge in [0.1, 0.15) is 10.8 Å². The number of methoxy groups -OCH3 is 1. The lowest BCUT2D eigenvalue weighted by Crippen LogP contribution is -2.36. The summed E-state index contributed by atoms with van der Waals surface area (Å²) in [5.41, 5.74) is 2.28. The molecule has 1 aromatic heterocycles. The summed E-state index contributed by atoms with van der Waals surface area (Å²) in [6.07, 6.45) is 2.76. The molecule has 142 valence electrons. The van der Waals surface area contributed by atoms with Crippen LogP contribution in [0.4, 0.5) is 0 Å². The van der Waals surface area contributed by atoms with Crippen LogP contribution in [0.5, 0.6) is 5.75 Å². The van der Waals surface area contributed by atoms with Crippen molar-refractivity contribution in [2.24, 2.45) is 4.99 Å². The fourth-order valence-corrected chi connectivity index (χ4v) is 3.10. The number of rotatable bonds is 9.